The quantitative estimate of drug-likeness (QED) is 0.870. The summed E-state index contributed by atoms with van der Waals surface area (Å²) in [5.74, 6) is 0.909. The molecule has 0 aliphatic rings. The number of rotatable bonds is 2. The van der Waals surface area contributed by atoms with Gasteiger partial charge in [0.1, 0.15) is 10.8 Å². The van der Waals surface area contributed by atoms with Crippen LogP contribution in [-0.2, 0) is 0 Å². The van der Waals surface area contributed by atoms with Gasteiger partial charge in [0, 0.05) is 5.69 Å². The van der Waals surface area contributed by atoms with E-state index in [0.717, 1.165) is 5.69 Å². The molecule has 0 aliphatic heterocycles. The number of nitrogen functional groups attached to an aromatic ring is 1. The van der Waals surface area contributed by atoms with Gasteiger partial charge in [-0.3, -0.25) is 4.98 Å². The minimum Gasteiger partial charge on any atom is -0.436 e. The van der Waals surface area contributed by atoms with Crippen molar-refractivity contribution in [2.24, 2.45) is 0 Å². The van der Waals surface area contributed by atoms with Crippen molar-refractivity contribution in [1.29, 1.82) is 0 Å². The Bertz CT molecular complexity index is 499. The zero-order valence-electron chi connectivity index (χ0n) is 8.64. The molecule has 0 saturated carbocycles. The van der Waals surface area contributed by atoms with E-state index in [1.54, 1.807) is 18.3 Å². The molecule has 0 saturated heterocycles. The molecular weight excluding hydrogens is 226 g/mol. The second-order valence-electron chi connectivity index (χ2n) is 3.29. The Morgan fingerprint density at radius 2 is 2.06 bits per heavy atom. The van der Waals surface area contributed by atoms with E-state index in [0.29, 0.717) is 22.3 Å². The first-order valence-corrected chi connectivity index (χ1v) is 5.04. The van der Waals surface area contributed by atoms with E-state index in [1.165, 1.54) is 6.20 Å². The van der Waals surface area contributed by atoms with Crippen molar-refractivity contribution in [2.45, 2.75) is 6.92 Å². The highest BCUT2D eigenvalue weighted by molar-refractivity contribution is 6.32. The topological polar surface area (TPSA) is 61.0 Å². The van der Waals surface area contributed by atoms with Crippen LogP contribution in [0.15, 0.2) is 30.6 Å². The molecule has 5 heteroatoms. The zero-order chi connectivity index (χ0) is 11.5. The third kappa shape index (κ3) is 2.41. The van der Waals surface area contributed by atoms with Crippen LogP contribution >= 0.6 is 11.6 Å². The third-order valence-corrected chi connectivity index (χ3v) is 2.20. The fraction of sp³-hybridized carbons (Fsp3) is 0.0909. The van der Waals surface area contributed by atoms with E-state index < -0.39 is 0 Å². The SMILES string of the molecule is Cc1ccc(Oc2ncc(N)cc2Cl)cn1. The van der Waals surface area contributed by atoms with Gasteiger partial charge in [0.05, 0.1) is 18.1 Å². The summed E-state index contributed by atoms with van der Waals surface area (Å²) < 4.78 is 5.46. The Balaban J connectivity index is 2.23. The lowest BCUT2D eigenvalue weighted by atomic mass is 10.4. The normalized spacial score (nSPS) is 10.1. The molecule has 2 N–H and O–H groups in total. The highest BCUT2D eigenvalue weighted by atomic mass is 35.5. The fourth-order valence-electron chi connectivity index (χ4n) is 1.14. The van der Waals surface area contributed by atoms with Gasteiger partial charge in [-0.15, -0.1) is 0 Å². The number of anilines is 1. The number of ether oxygens (including phenoxy) is 1. The standard InChI is InChI=1S/C11H10ClN3O/c1-7-2-3-9(6-14-7)16-11-10(12)4-8(13)5-15-11/h2-6H,13H2,1H3. The predicted octanol–water partition coefficient (Wildman–Crippen LogP) is 2.81. The van der Waals surface area contributed by atoms with Gasteiger partial charge in [0.25, 0.3) is 0 Å². The van der Waals surface area contributed by atoms with Crippen LogP contribution in [0.25, 0.3) is 0 Å². The highest BCUT2D eigenvalue weighted by Gasteiger charge is 2.05. The molecule has 0 amide bonds. The number of hydrogen-bond acceptors (Lipinski definition) is 4. The maximum Gasteiger partial charge on any atom is 0.238 e. The van der Waals surface area contributed by atoms with Crippen molar-refractivity contribution in [3.63, 3.8) is 0 Å². The highest BCUT2D eigenvalue weighted by Crippen LogP contribution is 2.27. The van der Waals surface area contributed by atoms with Crippen LogP contribution in [0.5, 0.6) is 11.6 Å². The summed E-state index contributed by atoms with van der Waals surface area (Å²) >= 11 is 5.92. The van der Waals surface area contributed by atoms with Crippen LogP contribution < -0.4 is 10.5 Å². The summed E-state index contributed by atoms with van der Waals surface area (Å²) in [6.07, 6.45) is 3.10. The average Bonchev–Trinajstić information content (AvgIpc) is 2.25. The predicted molar refractivity (Wildman–Crippen MR) is 62.7 cm³/mol. The summed E-state index contributed by atoms with van der Waals surface area (Å²) in [4.78, 5) is 8.09. The van der Waals surface area contributed by atoms with E-state index >= 15 is 0 Å². The van der Waals surface area contributed by atoms with Crippen molar-refractivity contribution >= 4 is 17.3 Å². The molecule has 2 heterocycles. The number of aryl methyl sites for hydroxylation is 1. The Morgan fingerprint density at radius 3 is 2.69 bits per heavy atom. The molecule has 0 atom stereocenters. The molecule has 0 aromatic carbocycles. The van der Waals surface area contributed by atoms with Crippen LogP contribution in [-0.4, -0.2) is 9.97 Å². The largest absolute Gasteiger partial charge is 0.436 e. The molecule has 0 bridgehead atoms. The second kappa shape index (κ2) is 4.37. The molecule has 0 unspecified atom stereocenters. The first kappa shape index (κ1) is 10.7. The van der Waals surface area contributed by atoms with Crippen LogP contribution in [0.1, 0.15) is 5.69 Å². The van der Waals surface area contributed by atoms with Crippen LogP contribution in [0.4, 0.5) is 5.69 Å². The molecule has 2 rings (SSSR count). The Hall–Kier alpha value is -1.81. The lowest BCUT2D eigenvalue weighted by Crippen LogP contribution is -1.92. The van der Waals surface area contributed by atoms with Gasteiger partial charge in [-0.25, -0.2) is 4.98 Å². The molecule has 0 radical (unpaired) electrons. The fourth-order valence-corrected chi connectivity index (χ4v) is 1.35. The smallest absolute Gasteiger partial charge is 0.238 e. The Kier molecular flexibility index (Phi) is 2.92. The van der Waals surface area contributed by atoms with Gasteiger partial charge < -0.3 is 10.5 Å². The summed E-state index contributed by atoms with van der Waals surface area (Å²) in [7, 11) is 0. The summed E-state index contributed by atoms with van der Waals surface area (Å²) in [6.45, 7) is 1.90. The molecule has 0 spiro atoms. The summed E-state index contributed by atoms with van der Waals surface area (Å²) in [6, 6.07) is 5.24. The van der Waals surface area contributed by atoms with Crippen LogP contribution in [0.2, 0.25) is 5.02 Å². The number of aromatic nitrogens is 2. The molecular formula is C11H10ClN3O. The van der Waals surface area contributed by atoms with Gasteiger partial charge in [0.15, 0.2) is 0 Å². The van der Waals surface area contributed by atoms with Crippen LogP contribution in [0.3, 0.4) is 0 Å². The maximum absolute atomic E-state index is 5.92. The van der Waals surface area contributed by atoms with Gasteiger partial charge in [-0.2, -0.15) is 0 Å². The van der Waals surface area contributed by atoms with E-state index in [1.807, 2.05) is 13.0 Å². The van der Waals surface area contributed by atoms with Gasteiger partial charge in [-0.1, -0.05) is 11.6 Å². The van der Waals surface area contributed by atoms with Gasteiger partial charge in [0.2, 0.25) is 5.88 Å². The summed E-state index contributed by atoms with van der Waals surface area (Å²) in [5, 5.41) is 0.376. The molecule has 2 aromatic heterocycles. The summed E-state index contributed by atoms with van der Waals surface area (Å²) in [5.41, 5.74) is 6.95. The van der Waals surface area contributed by atoms with Crippen LogP contribution in [0, 0.1) is 6.92 Å². The monoisotopic (exact) mass is 235 g/mol. The average molecular weight is 236 g/mol. The molecule has 82 valence electrons. The number of hydrogen-bond donors (Lipinski definition) is 1. The minimum atomic E-state index is 0.321. The number of halogens is 1. The molecule has 4 nitrogen and oxygen atoms in total. The third-order valence-electron chi connectivity index (χ3n) is 1.93. The molecule has 2 aromatic rings. The van der Waals surface area contributed by atoms with Crippen molar-refractivity contribution in [3.05, 3.63) is 41.3 Å². The maximum atomic E-state index is 5.92. The number of nitrogens with two attached hydrogens (primary N) is 1. The van der Waals surface area contributed by atoms with E-state index in [-0.39, 0.29) is 0 Å². The Morgan fingerprint density at radius 1 is 1.25 bits per heavy atom. The van der Waals surface area contributed by atoms with Crippen molar-refractivity contribution in [1.82, 2.24) is 9.97 Å². The Labute approximate surface area is 98.0 Å². The number of nitrogens with zero attached hydrogens (tertiary/aromatic N) is 2. The first-order valence-electron chi connectivity index (χ1n) is 4.66. The van der Waals surface area contributed by atoms with Gasteiger partial charge in [-0.05, 0) is 25.1 Å². The van der Waals surface area contributed by atoms with Crippen molar-refractivity contribution in [3.8, 4) is 11.6 Å². The molecule has 0 aliphatic carbocycles. The van der Waals surface area contributed by atoms with E-state index in [9.17, 15) is 0 Å². The van der Waals surface area contributed by atoms with E-state index in [4.69, 9.17) is 22.1 Å². The second-order valence-corrected chi connectivity index (χ2v) is 3.70. The molecule has 16 heavy (non-hydrogen) atoms. The number of pyridine rings is 2. The van der Waals surface area contributed by atoms with Gasteiger partial charge >= 0.3 is 0 Å². The molecule has 0 fully saturated rings. The van der Waals surface area contributed by atoms with Crippen molar-refractivity contribution in [2.75, 3.05) is 5.73 Å². The lowest BCUT2D eigenvalue weighted by Gasteiger charge is -2.06. The van der Waals surface area contributed by atoms with E-state index in [2.05, 4.69) is 9.97 Å². The minimum absolute atomic E-state index is 0.321. The first-order chi connectivity index (χ1) is 7.65. The zero-order valence-corrected chi connectivity index (χ0v) is 9.40. The lowest BCUT2D eigenvalue weighted by molar-refractivity contribution is 0.461. The van der Waals surface area contributed by atoms with Crippen molar-refractivity contribution < 1.29 is 4.74 Å².